The lowest BCUT2D eigenvalue weighted by Crippen LogP contribution is -2.42. The zero-order valence-electron chi connectivity index (χ0n) is 9.83. The topological polar surface area (TPSA) is 58.4 Å². The van der Waals surface area contributed by atoms with Crippen LogP contribution in [0.2, 0.25) is 0 Å². The average Bonchev–Trinajstić information content (AvgIpc) is 2.64. The fourth-order valence-corrected chi connectivity index (χ4v) is 2.26. The van der Waals surface area contributed by atoms with E-state index in [9.17, 15) is 4.79 Å². The summed E-state index contributed by atoms with van der Waals surface area (Å²) in [4.78, 5) is 13.6. The SMILES string of the molecule is CCCN(CC(=O)NC)C1CCC(N)C1. The van der Waals surface area contributed by atoms with Crippen LogP contribution in [0.5, 0.6) is 0 Å². The Labute approximate surface area is 92.2 Å². The molecule has 1 aliphatic rings. The van der Waals surface area contributed by atoms with E-state index in [1.54, 1.807) is 7.05 Å². The van der Waals surface area contributed by atoms with E-state index in [1.807, 2.05) is 0 Å². The molecule has 1 rings (SSSR count). The van der Waals surface area contributed by atoms with Crippen LogP contribution in [0.25, 0.3) is 0 Å². The molecule has 2 unspecified atom stereocenters. The van der Waals surface area contributed by atoms with Gasteiger partial charge in [-0.1, -0.05) is 6.92 Å². The third-order valence-electron chi connectivity index (χ3n) is 3.10. The van der Waals surface area contributed by atoms with Crippen LogP contribution in [-0.4, -0.2) is 43.0 Å². The Hall–Kier alpha value is -0.610. The van der Waals surface area contributed by atoms with Crippen molar-refractivity contribution in [1.29, 1.82) is 0 Å². The van der Waals surface area contributed by atoms with Gasteiger partial charge in [0.25, 0.3) is 0 Å². The molecule has 2 atom stereocenters. The van der Waals surface area contributed by atoms with E-state index in [-0.39, 0.29) is 5.91 Å². The van der Waals surface area contributed by atoms with Crippen molar-refractivity contribution < 1.29 is 4.79 Å². The first-order valence-electron chi connectivity index (χ1n) is 5.87. The molecule has 1 aliphatic carbocycles. The summed E-state index contributed by atoms with van der Waals surface area (Å²) in [6, 6.07) is 0.844. The number of amides is 1. The molecule has 0 aromatic rings. The fourth-order valence-electron chi connectivity index (χ4n) is 2.26. The largest absolute Gasteiger partial charge is 0.358 e. The standard InChI is InChI=1S/C11H23N3O/c1-3-6-14(8-11(15)13-2)10-5-4-9(12)7-10/h9-10H,3-8,12H2,1-2H3,(H,13,15). The number of nitrogens with zero attached hydrogens (tertiary/aromatic N) is 1. The molecule has 88 valence electrons. The van der Waals surface area contributed by atoms with Crippen molar-refractivity contribution in [2.45, 2.75) is 44.7 Å². The Bertz CT molecular complexity index is 208. The Morgan fingerprint density at radius 3 is 2.73 bits per heavy atom. The van der Waals surface area contributed by atoms with Crippen molar-refractivity contribution in [3.05, 3.63) is 0 Å². The van der Waals surface area contributed by atoms with Crippen LogP contribution in [-0.2, 0) is 4.79 Å². The van der Waals surface area contributed by atoms with Crippen LogP contribution in [0.15, 0.2) is 0 Å². The average molecular weight is 213 g/mol. The molecule has 0 aromatic carbocycles. The van der Waals surface area contributed by atoms with Gasteiger partial charge in [-0.25, -0.2) is 0 Å². The van der Waals surface area contributed by atoms with E-state index in [0.29, 0.717) is 18.6 Å². The van der Waals surface area contributed by atoms with Crippen LogP contribution in [0, 0.1) is 0 Å². The lowest BCUT2D eigenvalue weighted by atomic mass is 10.2. The van der Waals surface area contributed by atoms with Crippen molar-refractivity contribution in [2.75, 3.05) is 20.1 Å². The van der Waals surface area contributed by atoms with Gasteiger partial charge in [-0.2, -0.15) is 0 Å². The monoisotopic (exact) mass is 213 g/mol. The molecule has 0 radical (unpaired) electrons. The van der Waals surface area contributed by atoms with E-state index >= 15 is 0 Å². The van der Waals surface area contributed by atoms with Crippen molar-refractivity contribution in [3.8, 4) is 0 Å². The zero-order valence-corrected chi connectivity index (χ0v) is 9.83. The molecule has 0 aromatic heterocycles. The van der Waals surface area contributed by atoms with Gasteiger partial charge >= 0.3 is 0 Å². The second kappa shape index (κ2) is 6.08. The summed E-state index contributed by atoms with van der Waals surface area (Å²) >= 11 is 0. The van der Waals surface area contributed by atoms with Gasteiger partial charge in [-0.15, -0.1) is 0 Å². The molecule has 4 heteroatoms. The predicted molar refractivity (Wildman–Crippen MR) is 61.5 cm³/mol. The first-order valence-corrected chi connectivity index (χ1v) is 5.87. The predicted octanol–water partition coefficient (Wildman–Crippen LogP) is 0.324. The molecule has 0 heterocycles. The van der Waals surface area contributed by atoms with E-state index in [1.165, 1.54) is 0 Å². The van der Waals surface area contributed by atoms with Gasteiger partial charge in [0.15, 0.2) is 0 Å². The highest BCUT2D eigenvalue weighted by Gasteiger charge is 2.27. The first kappa shape index (κ1) is 12.5. The molecule has 4 nitrogen and oxygen atoms in total. The zero-order chi connectivity index (χ0) is 11.3. The van der Waals surface area contributed by atoms with E-state index in [0.717, 1.165) is 32.2 Å². The van der Waals surface area contributed by atoms with Crippen molar-refractivity contribution >= 4 is 5.91 Å². The summed E-state index contributed by atoms with van der Waals surface area (Å²) in [6.45, 7) is 3.65. The number of rotatable bonds is 5. The number of nitrogens with one attached hydrogen (secondary N) is 1. The van der Waals surface area contributed by atoms with Crippen molar-refractivity contribution in [1.82, 2.24) is 10.2 Å². The lowest BCUT2D eigenvalue weighted by molar-refractivity contribution is -0.122. The van der Waals surface area contributed by atoms with Crippen LogP contribution >= 0.6 is 0 Å². The molecule has 0 bridgehead atoms. The van der Waals surface area contributed by atoms with Gasteiger partial charge in [-0.05, 0) is 32.2 Å². The third kappa shape index (κ3) is 3.80. The summed E-state index contributed by atoms with van der Waals surface area (Å²) in [5, 5.41) is 2.68. The van der Waals surface area contributed by atoms with Crippen molar-refractivity contribution in [2.24, 2.45) is 5.73 Å². The van der Waals surface area contributed by atoms with Crippen LogP contribution < -0.4 is 11.1 Å². The van der Waals surface area contributed by atoms with Gasteiger partial charge in [0, 0.05) is 19.1 Å². The molecular formula is C11H23N3O. The van der Waals surface area contributed by atoms with Gasteiger partial charge in [-0.3, -0.25) is 9.69 Å². The Morgan fingerprint density at radius 2 is 2.27 bits per heavy atom. The number of carbonyl (C=O) groups is 1. The highest BCUT2D eigenvalue weighted by atomic mass is 16.1. The van der Waals surface area contributed by atoms with Crippen LogP contribution in [0.1, 0.15) is 32.6 Å². The van der Waals surface area contributed by atoms with Crippen molar-refractivity contribution in [3.63, 3.8) is 0 Å². The van der Waals surface area contributed by atoms with Crippen LogP contribution in [0.4, 0.5) is 0 Å². The molecule has 3 N–H and O–H groups in total. The fraction of sp³-hybridized carbons (Fsp3) is 0.909. The molecule has 0 saturated heterocycles. The Balaban J connectivity index is 2.45. The second-order valence-corrected chi connectivity index (χ2v) is 4.37. The summed E-state index contributed by atoms with van der Waals surface area (Å²) < 4.78 is 0. The normalized spacial score (nSPS) is 25.9. The summed E-state index contributed by atoms with van der Waals surface area (Å²) in [6.07, 6.45) is 4.36. The Kier molecular flexibility index (Phi) is 5.05. The molecule has 1 amide bonds. The molecule has 0 spiro atoms. The maximum absolute atomic E-state index is 11.4. The lowest BCUT2D eigenvalue weighted by Gasteiger charge is -2.27. The highest BCUT2D eigenvalue weighted by Crippen LogP contribution is 2.22. The van der Waals surface area contributed by atoms with Gasteiger partial charge in [0.2, 0.25) is 5.91 Å². The maximum Gasteiger partial charge on any atom is 0.233 e. The number of hydrogen-bond donors (Lipinski definition) is 2. The summed E-state index contributed by atoms with van der Waals surface area (Å²) in [7, 11) is 1.69. The summed E-state index contributed by atoms with van der Waals surface area (Å²) in [5.41, 5.74) is 5.90. The third-order valence-corrected chi connectivity index (χ3v) is 3.10. The van der Waals surface area contributed by atoms with E-state index in [2.05, 4.69) is 17.1 Å². The minimum Gasteiger partial charge on any atom is -0.358 e. The highest BCUT2D eigenvalue weighted by molar-refractivity contribution is 5.77. The minimum atomic E-state index is 0.101. The number of carbonyl (C=O) groups excluding carboxylic acids is 1. The number of likely N-dealkylation sites (N-methyl/N-ethyl adjacent to an activating group) is 1. The van der Waals surface area contributed by atoms with Gasteiger partial charge in [0.1, 0.15) is 0 Å². The number of nitrogens with two attached hydrogens (primary N) is 1. The van der Waals surface area contributed by atoms with Gasteiger partial charge in [0.05, 0.1) is 6.54 Å². The molecular weight excluding hydrogens is 190 g/mol. The van der Waals surface area contributed by atoms with E-state index in [4.69, 9.17) is 5.73 Å². The minimum absolute atomic E-state index is 0.101. The Morgan fingerprint density at radius 1 is 1.53 bits per heavy atom. The maximum atomic E-state index is 11.4. The smallest absolute Gasteiger partial charge is 0.233 e. The summed E-state index contributed by atoms with van der Waals surface area (Å²) in [5.74, 6) is 0.101. The van der Waals surface area contributed by atoms with Crippen LogP contribution in [0.3, 0.4) is 0 Å². The van der Waals surface area contributed by atoms with E-state index < -0.39 is 0 Å². The molecule has 0 aliphatic heterocycles. The number of hydrogen-bond acceptors (Lipinski definition) is 3. The quantitative estimate of drug-likeness (QED) is 0.691. The first-order chi connectivity index (χ1) is 7.17. The van der Waals surface area contributed by atoms with Gasteiger partial charge < -0.3 is 11.1 Å². The second-order valence-electron chi connectivity index (χ2n) is 4.37. The molecule has 15 heavy (non-hydrogen) atoms. The molecule has 1 saturated carbocycles. The molecule has 1 fully saturated rings.